The van der Waals surface area contributed by atoms with Crippen LogP contribution in [0.2, 0.25) is 0 Å². The summed E-state index contributed by atoms with van der Waals surface area (Å²) in [5.74, 6) is 0.850. The number of benzene rings is 1. The summed E-state index contributed by atoms with van der Waals surface area (Å²) in [6, 6.07) is 8.26. The molecule has 1 heterocycles. The average molecular weight is 280 g/mol. The summed E-state index contributed by atoms with van der Waals surface area (Å²) in [4.78, 5) is 7.64. The van der Waals surface area contributed by atoms with Crippen LogP contribution in [0.25, 0.3) is 0 Å². The van der Waals surface area contributed by atoms with Gasteiger partial charge in [0.05, 0.1) is 12.2 Å². The van der Waals surface area contributed by atoms with Gasteiger partial charge in [0.1, 0.15) is 5.82 Å². The number of H-pyrrole nitrogens is 1. The Hall–Kier alpha value is -1.13. The summed E-state index contributed by atoms with van der Waals surface area (Å²) in [6.07, 6.45) is 0.835. The molecule has 0 atom stereocenters. The minimum absolute atomic E-state index is 0.458. The Balaban J connectivity index is 2.23. The van der Waals surface area contributed by atoms with Crippen molar-refractivity contribution in [3.8, 4) is 0 Å². The van der Waals surface area contributed by atoms with E-state index < -0.39 is 0 Å². The van der Waals surface area contributed by atoms with E-state index in [2.05, 4.69) is 38.0 Å². The molecular formula is C12H14BrN3. The van der Waals surface area contributed by atoms with E-state index in [9.17, 15) is 0 Å². The third-order valence-electron chi connectivity index (χ3n) is 2.49. The topological polar surface area (TPSA) is 54.7 Å². The highest BCUT2D eigenvalue weighted by molar-refractivity contribution is 9.10. The fourth-order valence-electron chi connectivity index (χ4n) is 1.67. The van der Waals surface area contributed by atoms with Gasteiger partial charge in [0.15, 0.2) is 0 Å². The van der Waals surface area contributed by atoms with Crippen LogP contribution in [0.5, 0.6) is 0 Å². The van der Waals surface area contributed by atoms with E-state index in [1.165, 1.54) is 5.56 Å². The normalized spacial score (nSPS) is 10.7. The molecule has 16 heavy (non-hydrogen) atoms. The second-order valence-corrected chi connectivity index (χ2v) is 4.68. The minimum atomic E-state index is 0.458. The first kappa shape index (κ1) is 11.4. The monoisotopic (exact) mass is 279 g/mol. The summed E-state index contributed by atoms with van der Waals surface area (Å²) < 4.78 is 1.09. The number of halogens is 1. The molecular weight excluding hydrogens is 266 g/mol. The number of nitrogens with two attached hydrogens (primary N) is 1. The molecule has 84 valence electrons. The lowest BCUT2D eigenvalue weighted by atomic mass is 10.1. The highest BCUT2D eigenvalue weighted by Gasteiger charge is 2.06. The Kier molecular flexibility index (Phi) is 3.41. The standard InChI is InChI=1S/C12H14BrN3/c1-8-11(16-12(7-14)15-8)6-9-3-2-4-10(13)5-9/h2-5H,6-7,14H2,1H3,(H,15,16). The van der Waals surface area contributed by atoms with Gasteiger partial charge >= 0.3 is 0 Å². The fourth-order valence-corrected chi connectivity index (χ4v) is 2.12. The first-order valence-electron chi connectivity index (χ1n) is 5.18. The van der Waals surface area contributed by atoms with Crippen LogP contribution in [0.4, 0.5) is 0 Å². The molecule has 0 amide bonds. The van der Waals surface area contributed by atoms with E-state index in [1.54, 1.807) is 0 Å². The summed E-state index contributed by atoms with van der Waals surface area (Å²) in [5.41, 5.74) is 8.96. The molecule has 2 rings (SSSR count). The summed E-state index contributed by atoms with van der Waals surface area (Å²) in [7, 11) is 0. The molecule has 0 radical (unpaired) electrons. The SMILES string of the molecule is Cc1[nH]c(CN)nc1Cc1cccc(Br)c1. The van der Waals surface area contributed by atoms with Crippen molar-refractivity contribution in [3.63, 3.8) is 0 Å². The predicted octanol–water partition coefficient (Wildman–Crippen LogP) is 2.53. The highest BCUT2D eigenvalue weighted by atomic mass is 79.9. The van der Waals surface area contributed by atoms with Gasteiger partial charge in [-0.1, -0.05) is 28.1 Å². The van der Waals surface area contributed by atoms with Crippen molar-refractivity contribution < 1.29 is 0 Å². The number of aromatic nitrogens is 2. The number of nitrogens with zero attached hydrogens (tertiary/aromatic N) is 1. The maximum absolute atomic E-state index is 5.55. The average Bonchev–Trinajstić information content (AvgIpc) is 2.60. The molecule has 0 aliphatic carbocycles. The molecule has 0 spiro atoms. The Bertz CT molecular complexity index is 491. The fraction of sp³-hybridized carbons (Fsp3) is 0.250. The molecule has 0 saturated carbocycles. The lowest BCUT2D eigenvalue weighted by molar-refractivity contribution is 0.935. The molecule has 1 aromatic heterocycles. The molecule has 0 bridgehead atoms. The van der Waals surface area contributed by atoms with E-state index in [0.29, 0.717) is 6.54 Å². The number of aromatic amines is 1. The van der Waals surface area contributed by atoms with Gasteiger partial charge < -0.3 is 10.7 Å². The van der Waals surface area contributed by atoms with Gasteiger partial charge in [-0.3, -0.25) is 0 Å². The zero-order valence-electron chi connectivity index (χ0n) is 9.13. The largest absolute Gasteiger partial charge is 0.345 e. The van der Waals surface area contributed by atoms with E-state index in [0.717, 1.165) is 28.1 Å². The molecule has 1 aromatic carbocycles. The van der Waals surface area contributed by atoms with Gasteiger partial charge in [0.25, 0.3) is 0 Å². The second-order valence-electron chi connectivity index (χ2n) is 3.77. The van der Waals surface area contributed by atoms with Gasteiger partial charge in [0, 0.05) is 16.6 Å². The smallest absolute Gasteiger partial charge is 0.120 e. The predicted molar refractivity (Wildman–Crippen MR) is 68.2 cm³/mol. The molecule has 2 aromatic rings. The lowest BCUT2D eigenvalue weighted by Crippen LogP contribution is -1.98. The number of imidazole rings is 1. The maximum atomic E-state index is 5.55. The molecule has 3 N–H and O–H groups in total. The van der Waals surface area contributed by atoms with E-state index in [1.807, 2.05) is 19.1 Å². The van der Waals surface area contributed by atoms with Crippen molar-refractivity contribution in [3.05, 3.63) is 51.5 Å². The third kappa shape index (κ3) is 2.51. The quantitative estimate of drug-likeness (QED) is 0.907. The van der Waals surface area contributed by atoms with Crippen LogP contribution in [0.1, 0.15) is 22.8 Å². The first-order valence-corrected chi connectivity index (χ1v) is 5.97. The molecule has 0 saturated heterocycles. The molecule has 4 heteroatoms. The van der Waals surface area contributed by atoms with Gasteiger partial charge in [-0.25, -0.2) is 4.98 Å². The molecule has 0 unspecified atom stereocenters. The zero-order valence-corrected chi connectivity index (χ0v) is 10.7. The van der Waals surface area contributed by atoms with Crippen molar-refractivity contribution in [2.24, 2.45) is 5.73 Å². The number of rotatable bonds is 3. The Labute approximate surface area is 103 Å². The molecule has 3 nitrogen and oxygen atoms in total. The van der Waals surface area contributed by atoms with E-state index in [4.69, 9.17) is 5.73 Å². The van der Waals surface area contributed by atoms with Crippen LogP contribution in [0.3, 0.4) is 0 Å². The van der Waals surface area contributed by atoms with Gasteiger partial charge in [0.2, 0.25) is 0 Å². The van der Waals surface area contributed by atoms with Crippen LogP contribution in [0, 0.1) is 6.92 Å². The third-order valence-corrected chi connectivity index (χ3v) is 2.98. The van der Waals surface area contributed by atoms with E-state index >= 15 is 0 Å². The molecule has 0 aliphatic rings. The second kappa shape index (κ2) is 4.80. The number of nitrogens with one attached hydrogen (secondary N) is 1. The van der Waals surface area contributed by atoms with Crippen molar-refractivity contribution in [2.75, 3.05) is 0 Å². The van der Waals surface area contributed by atoms with Crippen LogP contribution >= 0.6 is 15.9 Å². The van der Waals surface area contributed by atoms with Crippen LogP contribution < -0.4 is 5.73 Å². The minimum Gasteiger partial charge on any atom is -0.345 e. The number of hydrogen-bond acceptors (Lipinski definition) is 2. The van der Waals surface area contributed by atoms with Crippen molar-refractivity contribution >= 4 is 15.9 Å². The molecule has 0 fully saturated rings. The Morgan fingerprint density at radius 3 is 2.88 bits per heavy atom. The highest BCUT2D eigenvalue weighted by Crippen LogP contribution is 2.16. The summed E-state index contributed by atoms with van der Waals surface area (Å²) >= 11 is 3.46. The van der Waals surface area contributed by atoms with Gasteiger partial charge in [-0.15, -0.1) is 0 Å². The summed E-state index contributed by atoms with van der Waals surface area (Å²) in [6.45, 7) is 2.48. The van der Waals surface area contributed by atoms with Gasteiger partial charge in [-0.05, 0) is 24.6 Å². The lowest BCUT2D eigenvalue weighted by Gasteiger charge is -2.00. The van der Waals surface area contributed by atoms with Crippen molar-refractivity contribution in [1.82, 2.24) is 9.97 Å². The molecule has 0 aliphatic heterocycles. The zero-order chi connectivity index (χ0) is 11.5. The van der Waals surface area contributed by atoms with Crippen molar-refractivity contribution in [1.29, 1.82) is 0 Å². The number of aryl methyl sites for hydroxylation is 1. The van der Waals surface area contributed by atoms with Crippen LogP contribution in [-0.2, 0) is 13.0 Å². The number of hydrogen-bond donors (Lipinski definition) is 2. The van der Waals surface area contributed by atoms with Crippen LogP contribution in [0.15, 0.2) is 28.7 Å². The Morgan fingerprint density at radius 2 is 2.25 bits per heavy atom. The maximum Gasteiger partial charge on any atom is 0.120 e. The van der Waals surface area contributed by atoms with Gasteiger partial charge in [-0.2, -0.15) is 0 Å². The van der Waals surface area contributed by atoms with Crippen LogP contribution in [-0.4, -0.2) is 9.97 Å². The van der Waals surface area contributed by atoms with Crippen molar-refractivity contribution in [2.45, 2.75) is 19.9 Å². The van der Waals surface area contributed by atoms with E-state index in [-0.39, 0.29) is 0 Å². The Morgan fingerprint density at radius 1 is 1.44 bits per heavy atom. The summed E-state index contributed by atoms with van der Waals surface area (Å²) in [5, 5.41) is 0. The first-order chi connectivity index (χ1) is 7.69.